The summed E-state index contributed by atoms with van der Waals surface area (Å²) in [6.45, 7) is 7.44. The standard InChI is InChI=1S/C21H24N6O2S/c1-13(2)18-10-5-6-11-19(18)23-20(29)14(3)30-21-24-25-26-27(21)17-9-7-8-16(12-17)22-15(4)28/h5-14H,1-4H3,(H,22,28)(H,23,29). The largest absolute Gasteiger partial charge is 0.326 e. The minimum absolute atomic E-state index is 0.130. The first-order chi connectivity index (χ1) is 14.3. The van der Waals surface area contributed by atoms with Crippen molar-refractivity contribution in [2.24, 2.45) is 0 Å². The lowest BCUT2D eigenvalue weighted by atomic mass is 10.0. The Morgan fingerprint density at radius 3 is 2.53 bits per heavy atom. The molecule has 0 saturated heterocycles. The van der Waals surface area contributed by atoms with E-state index in [0.29, 0.717) is 22.4 Å². The molecule has 1 aromatic heterocycles. The third-order valence-corrected chi connectivity index (χ3v) is 5.38. The first kappa shape index (κ1) is 21.5. The van der Waals surface area contributed by atoms with Gasteiger partial charge in [-0.2, -0.15) is 4.68 Å². The summed E-state index contributed by atoms with van der Waals surface area (Å²) in [5, 5.41) is 17.6. The number of nitrogens with zero attached hydrogens (tertiary/aromatic N) is 4. The number of carbonyl (C=O) groups excluding carboxylic acids is 2. The lowest BCUT2D eigenvalue weighted by molar-refractivity contribution is -0.115. The van der Waals surface area contributed by atoms with E-state index < -0.39 is 5.25 Å². The summed E-state index contributed by atoms with van der Waals surface area (Å²) in [7, 11) is 0. The van der Waals surface area contributed by atoms with E-state index in [9.17, 15) is 9.59 Å². The van der Waals surface area contributed by atoms with Crippen LogP contribution in [0.3, 0.4) is 0 Å². The van der Waals surface area contributed by atoms with Gasteiger partial charge in [-0.3, -0.25) is 9.59 Å². The van der Waals surface area contributed by atoms with Gasteiger partial charge < -0.3 is 10.6 Å². The van der Waals surface area contributed by atoms with E-state index in [1.165, 1.54) is 18.7 Å². The second-order valence-electron chi connectivity index (χ2n) is 7.10. The maximum Gasteiger partial charge on any atom is 0.237 e. The maximum absolute atomic E-state index is 12.8. The van der Waals surface area contributed by atoms with Crippen LogP contribution in [0.1, 0.15) is 39.2 Å². The molecule has 0 fully saturated rings. The molecule has 0 spiro atoms. The summed E-state index contributed by atoms with van der Waals surface area (Å²) in [5.41, 5.74) is 3.23. The fourth-order valence-electron chi connectivity index (χ4n) is 2.89. The van der Waals surface area contributed by atoms with Crippen LogP contribution in [-0.2, 0) is 9.59 Å². The summed E-state index contributed by atoms with van der Waals surface area (Å²) in [5.74, 6) is 0.00716. The Bertz CT molecular complexity index is 1050. The monoisotopic (exact) mass is 424 g/mol. The first-order valence-electron chi connectivity index (χ1n) is 9.58. The number of thioether (sulfide) groups is 1. The predicted octanol–water partition coefficient (Wildman–Crippen LogP) is 3.86. The number of anilines is 2. The highest BCUT2D eigenvalue weighted by Gasteiger charge is 2.20. The number of benzene rings is 2. The smallest absolute Gasteiger partial charge is 0.237 e. The van der Waals surface area contributed by atoms with Gasteiger partial charge in [-0.1, -0.05) is 49.9 Å². The molecule has 8 nitrogen and oxygen atoms in total. The Morgan fingerprint density at radius 1 is 1.03 bits per heavy atom. The van der Waals surface area contributed by atoms with Gasteiger partial charge >= 0.3 is 0 Å². The number of carbonyl (C=O) groups is 2. The van der Waals surface area contributed by atoms with Crippen molar-refractivity contribution in [1.29, 1.82) is 0 Å². The minimum Gasteiger partial charge on any atom is -0.326 e. The van der Waals surface area contributed by atoms with E-state index in [4.69, 9.17) is 0 Å². The third kappa shape index (κ3) is 5.24. The third-order valence-electron chi connectivity index (χ3n) is 4.34. The number of hydrogen-bond acceptors (Lipinski definition) is 6. The van der Waals surface area contributed by atoms with Crippen LogP contribution in [0.25, 0.3) is 5.69 Å². The highest BCUT2D eigenvalue weighted by Crippen LogP contribution is 2.27. The molecule has 1 heterocycles. The molecule has 1 atom stereocenters. The SMILES string of the molecule is CC(=O)Nc1cccc(-n2nnnc2SC(C)C(=O)Nc2ccccc2C(C)C)c1. The summed E-state index contributed by atoms with van der Waals surface area (Å²) in [4.78, 5) is 24.1. The van der Waals surface area contributed by atoms with Gasteiger partial charge in [-0.15, -0.1) is 5.10 Å². The molecular formula is C21H24N6O2S. The highest BCUT2D eigenvalue weighted by atomic mass is 32.2. The number of amides is 2. The Balaban J connectivity index is 1.75. The average molecular weight is 425 g/mol. The predicted molar refractivity (Wildman–Crippen MR) is 118 cm³/mol. The van der Waals surface area contributed by atoms with Crippen LogP contribution in [0, 0.1) is 0 Å². The number of nitrogens with one attached hydrogen (secondary N) is 2. The van der Waals surface area contributed by atoms with Crippen LogP contribution in [0.4, 0.5) is 11.4 Å². The zero-order chi connectivity index (χ0) is 21.7. The van der Waals surface area contributed by atoms with E-state index in [1.807, 2.05) is 37.3 Å². The van der Waals surface area contributed by atoms with Gasteiger partial charge in [0.1, 0.15) is 0 Å². The van der Waals surface area contributed by atoms with Gasteiger partial charge in [0, 0.05) is 18.3 Å². The van der Waals surface area contributed by atoms with Crippen molar-refractivity contribution in [3.05, 3.63) is 54.1 Å². The van der Waals surface area contributed by atoms with E-state index >= 15 is 0 Å². The second kappa shape index (κ2) is 9.53. The van der Waals surface area contributed by atoms with Gasteiger partial charge in [0.25, 0.3) is 0 Å². The fourth-order valence-corrected chi connectivity index (χ4v) is 3.70. The van der Waals surface area contributed by atoms with Gasteiger partial charge in [0.15, 0.2) is 0 Å². The number of rotatable bonds is 7. The van der Waals surface area contributed by atoms with Crippen molar-refractivity contribution in [3.8, 4) is 5.69 Å². The molecule has 0 saturated carbocycles. The molecule has 2 N–H and O–H groups in total. The van der Waals surface area contributed by atoms with Crippen LogP contribution in [0.5, 0.6) is 0 Å². The molecule has 0 radical (unpaired) electrons. The Kier molecular flexibility index (Phi) is 6.83. The van der Waals surface area contributed by atoms with Crippen LogP contribution < -0.4 is 10.6 Å². The summed E-state index contributed by atoms with van der Waals surface area (Å²) >= 11 is 1.26. The zero-order valence-electron chi connectivity index (χ0n) is 17.3. The van der Waals surface area contributed by atoms with Crippen molar-refractivity contribution < 1.29 is 9.59 Å². The Hall–Kier alpha value is -3.20. The molecule has 2 aromatic carbocycles. The second-order valence-corrected chi connectivity index (χ2v) is 8.40. The zero-order valence-corrected chi connectivity index (χ0v) is 18.1. The van der Waals surface area contributed by atoms with E-state index in [2.05, 4.69) is 40.0 Å². The number of aromatic nitrogens is 4. The maximum atomic E-state index is 12.8. The van der Waals surface area contributed by atoms with Crippen molar-refractivity contribution in [2.45, 2.75) is 44.0 Å². The summed E-state index contributed by atoms with van der Waals surface area (Å²) in [6.07, 6.45) is 0. The van der Waals surface area contributed by atoms with Crippen molar-refractivity contribution in [1.82, 2.24) is 20.2 Å². The van der Waals surface area contributed by atoms with Gasteiger partial charge in [0.2, 0.25) is 17.0 Å². The first-order valence-corrected chi connectivity index (χ1v) is 10.5. The Labute approximate surface area is 179 Å². The Morgan fingerprint density at radius 2 is 1.80 bits per heavy atom. The van der Waals surface area contributed by atoms with Crippen molar-refractivity contribution in [2.75, 3.05) is 10.6 Å². The molecule has 0 aliphatic rings. The molecule has 156 valence electrons. The van der Waals surface area contributed by atoms with Gasteiger partial charge in [-0.05, 0) is 53.1 Å². The summed E-state index contributed by atoms with van der Waals surface area (Å²) in [6, 6.07) is 15.0. The minimum atomic E-state index is -0.423. The molecule has 2 amide bonds. The van der Waals surface area contributed by atoms with E-state index in [-0.39, 0.29) is 11.8 Å². The molecular weight excluding hydrogens is 400 g/mol. The molecule has 3 rings (SSSR count). The van der Waals surface area contributed by atoms with Crippen LogP contribution >= 0.6 is 11.8 Å². The van der Waals surface area contributed by atoms with Crippen LogP contribution in [0.2, 0.25) is 0 Å². The average Bonchev–Trinajstić information content (AvgIpc) is 3.16. The lowest BCUT2D eigenvalue weighted by Crippen LogP contribution is -2.23. The molecule has 0 bridgehead atoms. The lowest BCUT2D eigenvalue weighted by Gasteiger charge is -2.16. The summed E-state index contributed by atoms with van der Waals surface area (Å²) < 4.78 is 1.54. The molecule has 1 unspecified atom stereocenters. The molecule has 3 aromatic rings. The molecule has 30 heavy (non-hydrogen) atoms. The topological polar surface area (TPSA) is 102 Å². The molecule has 9 heteroatoms. The number of para-hydroxylation sites is 1. The van der Waals surface area contributed by atoms with E-state index in [0.717, 1.165) is 11.3 Å². The number of hydrogen-bond donors (Lipinski definition) is 2. The normalized spacial score (nSPS) is 11.9. The van der Waals surface area contributed by atoms with Crippen LogP contribution in [-0.4, -0.2) is 37.3 Å². The van der Waals surface area contributed by atoms with Gasteiger partial charge in [-0.25, -0.2) is 0 Å². The van der Waals surface area contributed by atoms with Crippen LogP contribution in [0.15, 0.2) is 53.7 Å². The quantitative estimate of drug-likeness (QED) is 0.559. The number of tetrazole rings is 1. The van der Waals surface area contributed by atoms with Crippen molar-refractivity contribution >= 4 is 35.0 Å². The van der Waals surface area contributed by atoms with E-state index in [1.54, 1.807) is 22.9 Å². The fraction of sp³-hybridized carbons (Fsp3) is 0.286. The molecule has 0 aliphatic heterocycles. The highest BCUT2D eigenvalue weighted by molar-refractivity contribution is 8.00. The molecule has 0 aliphatic carbocycles. The van der Waals surface area contributed by atoms with Gasteiger partial charge in [0.05, 0.1) is 10.9 Å². The van der Waals surface area contributed by atoms with Crippen molar-refractivity contribution in [3.63, 3.8) is 0 Å².